The molecule has 0 aliphatic carbocycles. The van der Waals surface area contributed by atoms with Crippen LogP contribution in [0, 0.1) is 0 Å². The summed E-state index contributed by atoms with van der Waals surface area (Å²) in [6, 6.07) is -0.673. The largest absolute Gasteiger partial charge is 0.319 e. The van der Waals surface area contributed by atoms with Gasteiger partial charge >= 0.3 is 0 Å². The molecule has 0 aromatic carbocycles. The van der Waals surface area contributed by atoms with Crippen LogP contribution < -0.4 is 16.0 Å². The van der Waals surface area contributed by atoms with Gasteiger partial charge in [-0.15, -0.1) is 11.8 Å². The summed E-state index contributed by atoms with van der Waals surface area (Å²) in [5, 5.41) is 9.63. The molecule has 6 unspecified atom stereocenters. The lowest BCUT2D eigenvalue weighted by molar-refractivity contribution is -0.140. The second-order valence-corrected chi connectivity index (χ2v) is 10.2. The van der Waals surface area contributed by atoms with Crippen LogP contribution in [0.4, 0.5) is 0 Å². The normalized spacial score (nSPS) is 34.8. The molecule has 4 aliphatic heterocycles. The molecule has 4 heterocycles. The summed E-state index contributed by atoms with van der Waals surface area (Å²) in [6.07, 6.45) is 5.15. The number of carbonyl (C=O) groups is 4. The Kier molecular flexibility index (Phi) is 8.71. The predicted octanol–water partition coefficient (Wildman–Crippen LogP) is 0.0912. The quantitative estimate of drug-likeness (QED) is 0.534. The van der Waals surface area contributed by atoms with Crippen LogP contribution in [0.25, 0.3) is 0 Å². The van der Waals surface area contributed by atoms with E-state index in [2.05, 4.69) is 16.0 Å². The fraction of sp³-hybridized carbons (Fsp3) is 0.818. The molecule has 0 saturated carbocycles. The molecule has 4 rings (SSSR count). The van der Waals surface area contributed by atoms with Crippen molar-refractivity contribution in [1.29, 1.82) is 0 Å². The number of thioether (sulfide) groups is 1. The van der Waals surface area contributed by atoms with Crippen molar-refractivity contribution in [3.8, 4) is 0 Å². The summed E-state index contributed by atoms with van der Waals surface area (Å²) in [5.41, 5.74) is 0. The molecule has 32 heavy (non-hydrogen) atoms. The molecular formula is C22H37N5O4S. The SMILES string of the molecule is CNC1CCNC2CCC(C(C)=O)N2C1=O.CNC1CCSC2CCC(C(C)=O)N2C1=O. The first-order valence-corrected chi connectivity index (χ1v) is 12.7. The van der Waals surface area contributed by atoms with Crippen LogP contribution in [-0.4, -0.2) is 95.3 Å². The van der Waals surface area contributed by atoms with E-state index in [0.717, 1.165) is 50.8 Å². The number of fused-ring (bicyclic) bond motifs is 2. The van der Waals surface area contributed by atoms with Crippen LogP contribution in [0.2, 0.25) is 0 Å². The lowest BCUT2D eigenvalue weighted by Gasteiger charge is -2.29. The fourth-order valence-electron chi connectivity index (χ4n) is 5.21. The van der Waals surface area contributed by atoms with Crippen molar-refractivity contribution < 1.29 is 19.2 Å². The summed E-state index contributed by atoms with van der Waals surface area (Å²) >= 11 is 1.81. The summed E-state index contributed by atoms with van der Waals surface area (Å²) in [4.78, 5) is 51.1. The van der Waals surface area contributed by atoms with Gasteiger partial charge in [0.2, 0.25) is 11.8 Å². The van der Waals surface area contributed by atoms with Gasteiger partial charge in [0.1, 0.15) is 0 Å². The monoisotopic (exact) mass is 467 g/mol. The number of Topliss-reactive ketones (excluding diaryl/α,β-unsaturated/α-hetero) is 2. The molecule has 9 nitrogen and oxygen atoms in total. The lowest BCUT2D eigenvalue weighted by Crippen LogP contribution is -2.52. The molecule has 3 N–H and O–H groups in total. The van der Waals surface area contributed by atoms with Crippen molar-refractivity contribution >= 4 is 35.1 Å². The molecule has 6 atom stereocenters. The van der Waals surface area contributed by atoms with Gasteiger partial charge < -0.3 is 20.4 Å². The number of amides is 2. The molecule has 10 heteroatoms. The first-order valence-electron chi connectivity index (χ1n) is 11.6. The first-order chi connectivity index (χ1) is 15.3. The number of ketones is 2. The summed E-state index contributed by atoms with van der Waals surface area (Å²) in [7, 11) is 3.61. The minimum Gasteiger partial charge on any atom is -0.319 e. The fourth-order valence-corrected chi connectivity index (χ4v) is 6.57. The molecule has 0 spiro atoms. The van der Waals surface area contributed by atoms with Gasteiger partial charge in [-0.3, -0.25) is 24.5 Å². The van der Waals surface area contributed by atoms with E-state index in [1.807, 2.05) is 23.7 Å². The number of likely N-dealkylation sites (N-methyl/N-ethyl adjacent to an activating group) is 2. The zero-order valence-electron chi connectivity index (χ0n) is 19.6. The minimum atomic E-state index is -0.223. The van der Waals surface area contributed by atoms with Crippen molar-refractivity contribution in [3.63, 3.8) is 0 Å². The number of hydrogen-bond acceptors (Lipinski definition) is 8. The third kappa shape index (κ3) is 5.18. The topological polar surface area (TPSA) is 111 Å². The predicted molar refractivity (Wildman–Crippen MR) is 124 cm³/mol. The maximum absolute atomic E-state index is 12.3. The average Bonchev–Trinajstić information content (AvgIpc) is 3.31. The van der Waals surface area contributed by atoms with Gasteiger partial charge in [0.25, 0.3) is 0 Å². The smallest absolute Gasteiger partial charge is 0.241 e. The Morgan fingerprint density at radius 1 is 0.844 bits per heavy atom. The van der Waals surface area contributed by atoms with E-state index in [1.165, 1.54) is 0 Å². The van der Waals surface area contributed by atoms with E-state index < -0.39 is 0 Å². The van der Waals surface area contributed by atoms with Crippen LogP contribution >= 0.6 is 11.8 Å². The van der Waals surface area contributed by atoms with Gasteiger partial charge in [0.05, 0.1) is 35.7 Å². The Bertz CT molecular complexity index is 675. The van der Waals surface area contributed by atoms with Crippen LogP contribution in [0.15, 0.2) is 0 Å². The molecule has 4 saturated heterocycles. The second kappa shape index (κ2) is 11.1. The molecule has 4 fully saturated rings. The van der Waals surface area contributed by atoms with Gasteiger partial charge in [-0.2, -0.15) is 0 Å². The minimum absolute atomic E-state index is 0.0553. The van der Waals surface area contributed by atoms with E-state index in [1.54, 1.807) is 25.8 Å². The van der Waals surface area contributed by atoms with Crippen molar-refractivity contribution in [2.75, 3.05) is 26.4 Å². The van der Waals surface area contributed by atoms with Gasteiger partial charge in [-0.25, -0.2) is 0 Å². The number of hydrogen-bond donors (Lipinski definition) is 3. The summed E-state index contributed by atoms with van der Waals surface area (Å²) in [6.45, 7) is 3.98. The third-order valence-electron chi connectivity index (χ3n) is 6.99. The van der Waals surface area contributed by atoms with E-state index in [0.29, 0.717) is 0 Å². The van der Waals surface area contributed by atoms with Crippen LogP contribution in [0.1, 0.15) is 52.4 Å². The van der Waals surface area contributed by atoms with Crippen molar-refractivity contribution in [1.82, 2.24) is 25.8 Å². The number of carbonyl (C=O) groups excluding carboxylic acids is 4. The summed E-state index contributed by atoms with van der Waals surface area (Å²) < 4.78 is 0. The third-order valence-corrected chi connectivity index (χ3v) is 8.31. The molecule has 0 aromatic heterocycles. The van der Waals surface area contributed by atoms with Crippen LogP contribution in [0.5, 0.6) is 0 Å². The number of nitrogens with zero attached hydrogens (tertiary/aromatic N) is 2. The number of rotatable bonds is 4. The molecule has 0 radical (unpaired) electrons. The van der Waals surface area contributed by atoms with E-state index in [-0.39, 0.29) is 59.1 Å². The highest BCUT2D eigenvalue weighted by molar-refractivity contribution is 7.99. The highest BCUT2D eigenvalue weighted by atomic mass is 32.2. The molecule has 180 valence electrons. The summed E-state index contributed by atoms with van der Waals surface area (Å²) in [5.74, 6) is 1.37. The molecular weight excluding hydrogens is 430 g/mol. The Balaban J connectivity index is 0.000000181. The molecule has 4 aliphatic rings. The Hall–Kier alpha value is -1.49. The first kappa shape index (κ1) is 25.1. The Labute approximate surface area is 194 Å². The second-order valence-electron chi connectivity index (χ2n) is 8.95. The van der Waals surface area contributed by atoms with Crippen molar-refractivity contribution in [2.45, 2.75) is 88.1 Å². The molecule has 0 aromatic rings. The maximum atomic E-state index is 12.3. The van der Waals surface area contributed by atoms with Gasteiger partial charge in [0, 0.05) is 0 Å². The van der Waals surface area contributed by atoms with Gasteiger partial charge in [0.15, 0.2) is 11.6 Å². The zero-order chi connectivity index (χ0) is 23.4. The average molecular weight is 468 g/mol. The van der Waals surface area contributed by atoms with E-state index in [4.69, 9.17) is 0 Å². The van der Waals surface area contributed by atoms with E-state index >= 15 is 0 Å². The van der Waals surface area contributed by atoms with E-state index in [9.17, 15) is 19.2 Å². The van der Waals surface area contributed by atoms with Crippen molar-refractivity contribution in [2.24, 2.45) is 0 Å². The molecule has 0 bridgehead atoms. The highest BCUT2D eigenvalue weighted by Gasteiger charge is 2.44. The maximum Gasteiger partial charge on any atom is 0.241 e. The number of nitrogens with one attached hydrogen (secondary N) is 3. The zero-order valence-corrected chi connectivity index (χ0v) is 20.4. The lowest BCUT2D eigenvalue weighted by atomic mass is 10.1. The van der Waals surface area contributed by atoms with Crippen molar-refractivity contribution in [3.05, 3.63) is 0 Å². The van der Waals surface area contributed by atoms with Gasteiger partial charge in [-0.05, 0) is 78.8 Å². The molecule has 2 amide bonds. The van der Waals surface area contributed by atoms with Crippen LogP contribution in [0.3, 0.4) is 0 Å². The standard InChI is InChI=1S/C11H19N3O2.C11H18N2O2S/c1-7(15)9-3-4-10-13-6-5-8(12-2)11(16)14(9)10;1-7(14)9-3-4-10-13(9)11(15)8(12-2)5-6-16-10/h8-10,12-13H,3-6H2,1-2H3;8-10,12H,3-6H2,1-2H3. The Morgan fingerprint density at radius 2 is 1.41 bits per heavy atom. The highest BCUT2D eigenvalue weighted by Crippen LogP contribution is 2.35. The van der Waals surface area contributed by atoms with Gasteiger partial charge in [-0.1, -0.05) is 0 Å². The Morgan fingerprint density at radius 3 is 2.03 bits per heavy atom. The van der Waals surface area contributed by atoms with Crippen LogP contribution in [-0.2, 0) is 19.2 Å².